The van der Waals surface area contributed by atoms with E-state index in [-0.39, 0.29) is 0 Å². The van der Waals surface area contributed by atoms with E-state index in [1.165, 1.54) is 0 Å². The molecule has 0 aliphatic carbocycles. The number of rotatable bonds is 1. The highest BCUT2D eigenvalue weighted by molar-refractivity contribution is 7.80. The number of hydrogen-bond acceptors (Lipinski definition) is 2. The molecule has 0 amide bonds. The summed E-state index contributed by atoms with van der Waals surface area (Å²) < 4.78 is 0. The molecule has 0 fully saturated rings. The lowest BCUT2D eigenvalue weighted by molar-refractivity contribution is 1.11. The van der Waals surface area contributed by atoms with E-state index in [1.54, 1.807) is 6.07 Å². The topological polar surface area (TPSA) is 23.8 Å². The first-order valence-electron chi connectivity index (χ1n) is 3.50. The smallest absolute Gasteiger partial charge is 0.0994 e. The first kappa shape index (κ1) is 8.16. The number of nitrogens with zero attached hydrogens (tertiary/aromatic N) is 1. The van der Waals surface area contributed by atoms with Gasteiger partial charge in [0.05, 0.1) is 11.6 Å². The molecule has 0 bridgehead atoms. The van der Waals surface area contributed by atoms with Gasteiger partial charge >= 0.3 is 0 Å². The van der Waals surface area contributed by atoms with Crippen molar-refractivity contribution in [3.05, 3.63) is 29.3 Å². The van der Waals surface area contributed by atoms with E-state index in [4.69, 9.17) is 5.26 Å². The summed E-state index contributed by atoms with van der Waals surface area (Å²) in [5.74, 6) is 0. The Kier molecular flexibility index (Phi) is 2.56. The molecule has 0 atom stereocenters. The van der Waals surface area contributed by atoms with Crippen molar-refractivity contribution < 1.29 is 0 Å². The maximum absolute atomic E-state index is 8.67. The lowest BCUT2D eigenvalue weighted by Crippen LogP contribution is -1.86. The zero-order valence-electron chi connectivity index (χ0n) is 6.33. The Hall–Kier alpha value is -0.940. The number of benzene rings is 1. The van der Waals surface area contributed by atoms with Gasteiger partial charge in [0.1, 0.15) is 0 Å². The highest BCUT2D eigenvalue weighted by Gasteiger charge is 1.98. The minimum absolute atomic E-state index is 0.755. The first-order chi connectivity index (χ1) is 5.27. The minimum Gasteiger partial charge on any atom is -0.192 e. The second kappa shape index (κ2) is 3.45. The summed E-state index contributed by atoms with van der Waals surface area (Å²) in [5.41, 5.74) is 1.82. The molecule has 11 heavy (non-hydrogen) atoms. The minimum atomic E-state index is 0.755. The Morgan fingerprint density at radius 1 is 1.55 bits per heavy atom. The van der Waals surface area contributed by atoms with E-state index < -0.39 is 0 Å². The molecule has 2 heteroatoms. The standard InChI is InChI=1S/C9H9NS/c1-2-7-5-9(11)4-3-8(7)6-10/h3-5,11H,2H2,1H3. The van der Waals surface area contributed by atoms with Crippen LogP contribution in [0.2, 0.25) is 0 Å². The molecular weight excluding hydrogens is 154 g/mol. The van der Waals surface area contributed by atoms with Crippen LogP contribution in [0.1, 0.15) is 18.1 Å². The molecule has 56 valence electrons. The Bertz CT molecular complexity index is 299. The van der Waals surface area contributed by atoms with E-state index in [0.717, 1.165) is 22.4 Å². The summed E-state index contributed by atoms with van der Waals surface area (Å²) in [4.78, 5) is 0.917. The molecule has 1 aromatic rings. The lowest BCUT2D eigenvalue weighted by atomic mass is 10.1. The molecule has 0 aromatic heterocycles. The van der Waals surface area contributed by atoms with Crippen LogP contribution in [0, 0.1) is 11.3 Å². The van der Waals surface area contributed by atoms with Crippen molar-refractivity contribution in [1.82, 2.24) is 0 Å². The predicted molar refractivity (Wildman–Crippen MR) is 47.8 cm³/mol. The average molecular weight is 163 g/mol. The van der Waals surface area contributed by atoms with Gasteiger partial charge in [0.25, 0.3) is 0 Å². The van der Waals surface area contributed by atoms with Gasteiger partial charge < -0.3 is 0 Å². The van der Waals surface area contributed by atoms with Gasteiger partial charge in [0.2, 0.25) is 0 Å². The van der Waals surface area contributed by atoms with Gasteiger partial charge in [0.15, 0.2) is 0 Å². The molecular formula is C9H9NS. The van der Waals surface area contributed by atoms with Crippen LogP contribution in [0.3, 0.4) is 0 Å². The van der Waals surface area contributed by atoms with Gasteiger partial charge in [-0.2, -0.15) is 5.26 Å². The fraction of sp³-hybridized carbons (Fsp3) is 0.222. The second-order valence-corrected chi connectivity index (χ2v) is 2.82. The lowest BCUT2D eigenvalue weighted by Gasteiger charge is -1.99. The summed E-state index contributed by atoms with van der Waals surface area (Å²) in [6.45, 7) is 2.03. The van der Waals surface area contributed by atoms with Crippen LogP contribution in [0.25, 0.3) is 0 Å². The van der Waals surface area contributed by atoms with E-state index in [1.807, 2.05) is 19.1 Å². The zero-order valence-corrected chi connectivity index (χ0v) is 7.23. The van der Waals surface area contributed by atoms with Crippen LogP contribution in [-0.4, -0.2) is 0 Å². The van der Waals surface area contributed by atoms with Crippen molar-refractivity contribution in [1.29, 1.82) is 5.26 Å². The van der Waals surface area contributed by atoms with E-state index >= 15 is 0 Å². The van der Waals surface area contributed by atoms with Crippen molar-refractivity contribution in [3.63, 3.8) is 0 Å². The predicted octanol–water partition coefficient (Wildman–Crippen LogP) is 2.41. The van der Waals surface area contributed by atoms with Gasteiger partial charge in [-0.05, 0) is 30.2 Å². The van der Waals surface area contributed by atoms with Gasteiger partial charge in [-0.25, -0.2) is 0 Å². The SMILES string of the molecule is CCc1cc(S)ccc1C#N. The number of nitriles is 1. The summed E-state index contributed by atoms with van der Waals surface area (Å²) in [6, 6.07) is 7.71. The molecule has 0 aliphatic heterocycles. The summed E-state index contributed by atoms with van der Waals surface area (Å²) >= 11 is 4.18. The van der Waals surface area contributed by atoms with Crippen molar-refractivity contribution in [2.24, 2.45) is 0 Å². The van der Waals surface area contributed by atoms with Crippen LogP contribution < -0.4 is 0 Å². The van der Waals surface area contributed by atoms with E-state index in [2.05, 4.69) is 18.7 Å². The third kappa shape index (κ3) is 1.75. The monoisotopic (exact) mass is 163 g/mol. The molecule has 0 unspecified atom stereocenters. The van der Waals surface area contributed by atoms with Gasteiger partial charge in [-0.15, -0.1) is 12.6 Å². The van der Waals surface area contributed by atoms with Gasteiger partial charge in [0, 0.05) is 4.90 Å². The second-order valence-electron chi connectivity index (χ2n) is 2.31. The Balaban J connectivity index is 3.19. The normalized spacial score (nSPS) is 9.18. The molecule has 1 rings (SSSR count). The summed E-state index contributed by atoms with van der Waals surface area (Å²) in [6.07, 6.45) is 0.886. The van der Waals surface area contributed by atoms with Crippen LogP contribution in [0.15, 0.2) is 23.1 Å². The highest BCUT2D eigenvalue weighted by atomic mass is 32.1. The van der Waals surface area contributed by atoms with Gasteiger partial charge in [-0.1, -0.05) is 6.92 Å². The number of hydrogen-bond donors (Lipinski definition) is 1. The van der Waals surface area contributed by atoms with Crippen molar-refractivity contribution >= 4 is 12.6 Å². The summed E-state index contributed by atoms with van der Waals surface area (Å²) in [5, 5.41) is 8.67. The number of aryl methyl sites for hydroxylation is 1. The molecule has 0 spiro atoms. The van der Waals surface area contributed by atoms with Crippen LogP contribution in [0.5, 0.6) is 0 Å². The number of thiol groups is 1. The van der Waals surface area contributed by atoms with Crippen molar-refractivity contribution in [2.75, 3.05) is 0 Å². The Labute approximate surface area is 72.1 Å². The molecule has 0 radical (unpaired) electrons. The fourth-order valence-electron chi connectivity index (χ4n) is 0.982. The maximum Gasteiger partial charge on any atom is 0.0994 e. The zero-order chi connectivity index (χ0) is 8.27. The summed E-state index contributed by atoms with van der Waals surface area (Å²) in [7, 11) is 0. The molecule has 0 heterocycles. The van der Waals surface area contributed by atoms with Crippen LogP contribution >= 0.6 is 12.6 Å². The maximum atomic E-state index is 8.67. The highest BCUT2D eigenvalue weighted by Crippen LogP contribution is 2.14. The van der Waals surface area contributed by atoms with Crippen LogP contribution in [0.4, 0.5) is 0 Å². The van der Waals surface area contributed by atoms with Crippen molar-refractivity contribution in [3.8, 4) is 6.07 Å². The Morgan fingerprint density at radius 3 is 2.82 bits per heavy atom. The Morgan fingerprint density at radius 2 is 2.27 bits per heavy atom. The molecule has 0 N–H and O–H groups in total. The molecule has 1 nitrogen and oxygen atoms in total. The third-order valence-corrected chi connectivity index (χ3v) is 1.87. The van der Waals surface area contributed by atoms with Gasteiger partial charge in [-0.3, -0.25) is 0 Å². The largest absolute Gasteiger partial charge is 0.192 e. The van der Waals surface area contributed by atoms with E-state index in [9.17, 15) is 0 Å². The molecule has 0 saturated heterocycles. The first-order valence-corrected chi connectivity index (χ1v) is 3.94. The quantitative estimate of drug-likeness (QED) is 0.631. The molecule has 0 aliphatic rings. The van der Waals surface area contributed by atoms with Crippen molar-refractivity contribution in [2.45, 2.75) is 18.2 Å². The molecule has 1 aromatic carbocycles. The van der Waals surface area contributed by atoms with Crippen LogP contribution in [-0.2, 0) is 6.42 Å². The fourth-order valence-corrected chi connectivity index (χ4v) is 1.21. The van der Waals surface area contributed by atoms with E-state index in [0.29, 0.717) is 0 Å². The average Bonchev–Trinajstić information content (AvgIpc) is 2.04. The molecule has 0 saturated carbocycles. The third-order valence-electron chi connectivity index (χ3n) is 1.59.